The molecule has 0 fully saturated rings. The lowest BCUT2D eigenvalue weighted by Gasteiger charge is -2.13. The third-order valence-electron chi connectivity index (χ3n) is 2.81. The maximum atomic E-state index is 11.9. The van der Waals surface area contributed by atoms with E-state index in [2.05, 4.69) is 5.32 Å². The zero-order valence-electron chi connectivity index (χ0n) is 10.5. The second-order valence-corrected chi connectivity index (χ2v) is 4.03. The van der Waals surface area contributed by atoms with Crippen LogP contribution in [0.1, 0.15) is 5.56 Å². The van der Waals surface area contributed by atoms with Gasteiger partial charge in [0.25, 0.3) is 5.56 Å². The van der Waals surface area contributed by atoms with Crippen molar-refractivity contribution in [3.63, 3.8) is 0 Å². The van der Waals surface area contributed by atoms with E-state index in [0.717, 1.165) is 4.57 Å². The van der Waals surface area contributed by atoms with Gasteiger partial charge in [-0.15, -0.1) is 0 Å². The fraction of sp³-hybridized carbons (Fsp3) is 0.154. The molecule has 1 aromatic carbocycles. The summed E-state index contributed by atoms with van der Waals surface area (Å²) in [6, 6.07) is 10.9. The van der Waals surface area contributed by atoms with Crippen LogP contribution in [0.25, 0.3) is 0 Å². The summed E-state index contributed by atoms with van der Waals surface area (Å²) in [5.74, 6) is 0.196. The Morgan fingerprint density at radius 1 is 1.11 bits per heavy atom. The summed E-state index contributed by atoms with van der Waals surface area (Å²) in [5, 5.41) is 12.0. The monoisotopic (exact) mass is 256 g/mol. The Kier molecular flexibility index (Phi) is 3.21. The zero-order valence-corrected chi connectivity index (χ0v) is 10.5. The summed E-state index contributed by atoms with van der Waals surface area (Å²) < 4.78 is 2.15. The summed E-state index contributed by atoms with van der Waals surface area (Å²) >= 11 is 0. The third kappa shape index (κ3) is 2.13. The summed E-state index contributed by atoms with van der Waals surface area (Å²) in [6.45, 7) is 0. The molecule has 6 nitrogen and oxygen atoms in total. The molecule has 0 saturated carbocycles. The van der Waals surface area contributed by atoms with Crippen LogP contribution in [0.4, 0.5) is 11.5 Å². The minimum Gasteiger partial charge on any atom is -0.340 e. The van der Waals surface area contributed by atoms with Crippen LogP contribution >= 0.6 is 0 Å². The number of nitrogens with zero attached hydrogens (tertiary/aromatic N) is 3. The van der Waals surface area contributed by atoms with Crippen molar-refractivity contribution in [2.75, 3.05) is 5.32 Å². The molecule has 0 bridgehead atoms. The SMILES string of the molecule is Cn1c(Nc2ccccc2)c(C#N)c(=O)n(C)c1=O. The Bertz CT molecular complexity index is 766. The molecule has 0 aliphatic rings. The number of hydrogen-bond acceptors (Lipinski definition) is 4. The third-order valence-corrected chi connectivity index (χ3v) is 2.81. The summed E-state index contributed by atoms with van der Waals surface area (Å²) in [4.78, 5) is 23.7. The molecule has 1 heterocycles. The standard InChI is InChI=1S/C13H12N4O2/c1-16-11(15-9-6-4-3-5-7-9)10(8-14)12(18)17(2)13(16)19/h3-7,15H,1-2H3. The first kappa shape index (κ1) is 12.6. The lowest BCUT2D eigenvalue weighted by atomic mass is 10.3. The van der Waals surface area contributed by atoms with Crippen LogP contribution in [0.15, 0.2) is 39.9 Å². The molecule has 0 saturated heterocycles. The molecular weight excluding hydrogens is 244 g/mol. The fourth-order valence-corrected chi connectivity index (χ4v) is 1.75. The quantitative estimate of drug-likeness (QED) is 0.857. The molecule has 0 amide bonds. The lowest BCUT2D eigenvalue weighted by Crippen LogP contribution is -2.39. The van der Waals surface area contributed by atoms with Gasteiger partial charge in [0, 0.05) is 19.8 Å². The molecule has 1 N–H and O–H groups in total. The van der Waals surface area contributed by atoms with Crippen LogP contribution in [-0.4, -0.2) is 9.13 Å². The van der Waals surface area contributed by atoms with Crippen molar-refractivity contribution in [2.45, 2.75) is 0 Å². The Morgan fingerprint density at radius 2 is 1.74 bits per heavy atom. The van der Waals surface area contributed by atoms with Gasteiger partial charge in [0.1, 0.15) is 11.9 Å². The largest absolute Gasteiger partial charge is 0.340 e. The normalized spacial score (nSPS) is 9.95. The van der Waals surface area contributed by atoms with E-state index in [4.69, 9.17) is 5.26 Å². The van der Waals surface area contributed by atoms with E-state index >= 15 is 0 Å². The highest BCUT2D eigenvalue weighted by Crippen LogP contribution is 2.15. The molecule has 0 unspecified atom stereocenters. The minimum absolute atomic E-state index is 0.0894. The van der Waals surface area contributed by atoms with Crippen LogP contribution in [0.2, 0.25) is 0 Å². The smallest absolute Gasteiger partial charge is 0.332 e. The van der Waals surface area contributed by atoms with E-state index in [1.807, 2.05) is 24.3 Å². The number of rotatable bonds is 2. The van der Waals surface area contributed by atoms with Crippen molar-refractivity contribution in [2.24, 2.45) is 14.1 Å². The molecule has 2 rings (SSSR count). The van der Waals surface area contributed by atoms with Crippen LogP contribution < -0.4 is 16.6 Å². The van der Waals surface area contributed by atoms with E-state index in [1.54, 1.807) is 12.1 Å². The van der Waals surface area contributed by atoms with Gasteiger partial charge in [0.05, 0.1) is 0 Å². The van der Waals surface area contributed by atoms with Crippen LogP contribution in [0.5, 0.6) is 0 Å². The van der Waals surface area contributed by atoms with E-state index in [0.29, 0.717) is 5.69 Å². The molecular formula is C13H12N4O2. The van der Waals surface area contributed by atoms with Gasteiger partial charge in [-0.3, -0.25) is 13.9 Å². The second kappa shape index (κ2) is 4.82. The molecule has 0 atom stereocenters. The molecule has 6 heteroatoms. The van der Waals surface area contributed by atoms with Crippen LogP contribution in [0.3, 0.4) is 0 Å². The predicted molar refractivity (Wildman–Crippen MR) is 71.4 cm³/mol. The lowest BCUT2D eigenvalue weighted by molar-refractivity contribution is 0.689. The Balaban J connectivity index is 2.68. The molecule has 96 valence electrons. The zero-order chi connectivity index (χ0) is 14.0. The summed E-state index contributed by atoms with van der Waals surface area (Å²) in [5.41, 5.74) is -0.484. The number of hydrogen-bond donors (Lipinski definition) is 1. The molecule has 0 radical (unpaired) electrons. The minimum atomic E-state index is -0.607. The number of nitriles is 1. The second-order valence-electron chi connectivity index (χ2n) is 4.03. The highest BCUT2D eigenvalue weighted by atomic mass is 16.2. The first-order valence-corrected chi connectivity index (χ1v) is 5.58. The van der Waals surface area contributed by atoms with Crippen molar-refractivity contribution in [3.05, 3.63) is 56.7 Å². The summed E-state index contributed by atoms with van der Waals surface area (Å²) in [6.07, 6.45) is 0. The van der Waals surface area contributed by atoms with E-state index in [-0.39, 0.29) is 11.4 Å². The maximum absolute atomic E-state index is 11.9. The van der Waals surface area contributed by atoms with Gasteiger partial charge < -0.3 is 5.32 Å². The van der Waals surface area contributed by atoms with Crippen molar-refractivity contribution in [1.29, 1.82) is 5.26 Å². The van der Waals surface area contributed by atoms with Crippen molar-refractivity contribution >= 4 is 11.5 Å². The number of anilines is 2. The molecule has 0 aliphatic heterocycles. The maximum Gasteiger partial charge on any atom is 0.332 e. The first-order valence-electron chi connectivity index (χ1n) is 5.58. The predicted octanol–water partition coefficient (Wildman–Crippen LogP) is 0.699. The van der Waals surface area contributed by atoms with Gasteiger partial charge in [-0.1, -0.05) is 18.2 Å². The fourth-order valence-electron chi connectivity index (χ4n) is 1.75. The van der Waals surface area contributed by atoms with Gasteiger partial charge in [0.15, 0.2) is 5.56 Å². The Labute approximate surface area is 109 Å². The average molecular weight is 256 g/mol. The van der Waals surface area contributed by atoms with Gasteiger partial charge in [-0.25, -0.2) is 4.79 Å². The number of nitrogens with one attached hydrogen (secondary N) is 1. The Hall–Kier alpha value is -2.81. The number of para-hydroxylation sites is 1. The van der Waals surface area contributed by atoms with Crippen molar-refractivity contribution in [1.82, 2.24) is 9.13 Å². The molecule has 19 heavy (non-hydrogen) atoms. The van der Waals surface area contributed by atoms with Gasteiger partial charge >= 0.3 is 5.69 Å². The molecule has 1 aromatic heterocycles. The topological polar surface area (TPSA) is 79.8 Å². The van der Waals surface area contributed by atoms with Crippen molar-refractivity contribution < 1.29 is 0 Å². The van der Waals surface area contributed by atoms with E-state index in [1.165, 1.54) is 18.7 Å². The Morgan fingerprint density at radius 3 is 2.32 bits per heavy atom. The average Bonchev–Trinajstić information content (AvgIpc) is 2.44. The van der Waals surface area contributed by atoms with Crippen LogP contribution in [0, 0.1) is 11.3 Å². The molecule has 0 aliphatic carbocycles. The summed E-state index contributed by atoms with van der Waals surface area (Å²) in [7, 11) is 2.85. The van der Waals surface area contributed by atoms with Gasteiger partial charge in [0.2, 0.25) is 0 Å². The number of benzene rings is 1. The first-order chi connectivity index (χ1) is 9.06. The van der Waals surface area contributed by atoms with Gasteiger partial charge in [-0.05, 0) is 12.1 Å². The number of aromatic nitrogens is 2. The molecule has 0 spiro atoms. The molecule has 2 aromatic rings. The van der Waals surface area contributed by atoms with Crippen LogP contribution in [-0.2, 0) is 14.1 Å². The highest BCUT2D eigenvalue weighted by molar-refractivity contribution is 5.62. The van der Waals surface area contributed by atoms with E-state index in [9.17, 15) is 9.59 Å². The van der Waals surface area contributed by atoms with Gasteiger partial charge in [-0.2, -0.15) is 5.26 Å². The van der Waals surface area contributed by atoms with Crippen molar-refractivity contribution in [3.8, 4) is 6.07 Å². The van der Waals surface area contributed by atoms with E-state index < -0.39 is 11.2 Å². The highest BCUT2D eigenvalue weighted by Gasteiger charge is 2.15.